The molecule has 73 heavy (non-hydrogen) atoms. The van der Waals surface area contributed by atoms with Gasteiger partial charge in [0.25, 0.3) is 6.71 Å². The normalized spacial score (nSPS) is 14.8. The largest absolute Gasteiger partial charge is 0.458 e. The standard InChI is InChI=1S/C66H45BN2OSSi2/c1-5-22-48(23-6-1)72(49-24-7-2-8-25-49)62-36-17-13-30-54(62)68(55-31-14-18-37-63(55)72)46-40-42-52-59(44-46)70-58-34-21-35-60-66(58)67(52)53-43-41-47(45-61(53)71-60)69-56-32-15-19-38-64(56)73(50-26-9-3-10-27-50,51-28-11-4-12-29-51)65-39-20-16-33-57(65)69/h1-45H. The summed E-state index contributed by atoms with van der Waals surface area (Å²) in [5, 5.41) is 11.1. The molecule has 4 aliphatic rings. The fraction of sp³-hybridized carbons (Fsp3) is 0. The first-order valence-corrected chi connectivity index (χ1v) is 30.0. The van der Waals surface area contributed by atoms with Crippen LogP contribution in [0.2, 0.25) is 0 Å². The van der Waals surface area contributed by atoms with E-state index in [9.17, 15) is 0 Å². The van der Waals surface area contributed by atoms with Crippen molar-refractivity contribution >= 4 is 127 Å². The molecule has 0 unspecified atom stereocenters. The van der Waals surface area contributed by atoms with Crippen LogP contribution in [0.5, 0.6) is 11.5 Å². The lowest BCUT2D eigenvalue weighted by Gasteiger charge is -2.45. The Morgan fingerprint density at radius 1 is 0.315 bits per heavy atom. The molecule has 11 aromatic carbocycles. The topological polar surface area (TPSA) is 15.7 Å². The molecule has 0 spiro atoms. The Bertz CT molecular complexity index is 3540. The molecule has 342 valence electrons. The van der Waals surface area contributed by atoms with Crippen molar-refractivity contribution < 1.29 is 4.74 Å². The summed E-state index contributed by atoms with van der Waals surface area (Å²) in [4.78, 5) is 7.51. The lowest BCUT2D eigenvalue weighted by Crippen LogP contribution is -2.77. The SMILES string of the molecule is c1ccc([Si]2(c3ccccc3)c3ccccc3N(c3ccc4c(c3)Oc3cccc5c3B4c3ccc(N4c6ccccc6[Si](c6ccccc6)(c6ccccc6)c6ccccc64)cc3S5)c3ccccc32)cc1. The second-order valence-corrected chi connectivity index (χ2v) is 28.0. The van der Waals surface area contributed by atoms with E-state index in [4.69, 9.17) is 4.74 Å². The first-order chi connectivity index (χ1) is 36.2. The van der Waals surface area contributed by atoms with Crippen molar-refractivity contribution in [3.05, 3.63) is 273 Å². The highest BCUT2D eigenvalue weighted by atomic mass is 32.2. The van der Waals surface area contributed by atoms with Gasteiger partial charge in [-0.2, -0.15) is 0 Å². The minimum Gasteiger partial charge on any atom is -0.458 e. The van der Waals surface area contributed by atoms with Gasteiger partial charge in [-0.05, 0) is 107 Å². The Labute approximate surface area is 432 Å². The second kappa shape index (κ2) is 16.6. The zero-order chi connectivity index (χ0) is 48.1. The molecule has 0 aliphatic carbocycles. The maximum absolute atomic E-state index is 7.08. The van der Waals surface area contributed by atoms with E-state index in [0.29, 0.717) is 0 Å². The number of hydrogen-bond donors (Lipinski definition) is 0. The van der Waals surface area contributed by atoms with Crippen molar-refractivity contribution in [1.82, 2.24) is 0 Å². The molecule has 0 amide bonds. The van der Waals surface area contributed by atoms with Crippen molar-refractivity contribution in [2.24, 2.45) is 0 Å². The molecule has 0 atom stereocenters. The molecule has 0 radical (unpaired) electrons. The third kappa shape index (κ3) is 6.07. The number of benzene rings is 11. The minimum atomic E-state index is -2.75. The fourth-order valence-electron chi connectivity index (χ4n) is 13.1. The molecular formula is C66H45BN2OSSi2. The zero-order valence-electron chi connectivity index (χ0n) is 39.8. The molecule has 0 bridgehead atoms. The second-order valence-electron chi connectivity index (χ2n) is 19.5. The van der Waals surface area contributed by atoms with Crippen LogP contribution in [0.25, 0.3) is 0 Å². The zero-order valence-corrected chi connectivity index (χ0v) is 42.6. The van der Waals surface area contributed by atoms with Gasteiger partial charge in [0.15, 0.2) is 16.1 Å². The van der Waals surface area contributed by atoms with E-state index in [1.807, 2.05) is 11.8 Å². The van der Waals surface area contributed by atoms with Gasteiger partial charge < -0.3 is 14.5 Å². The predicted octanol–water partition coefficient (Wildman–Crippen LogP) is 9.09. The summed E-state index contributed by atoms with van der Waals surface area (Å²) in [6, 6.07) is 102. The summed E-state index contributed by atoms with van der Waals surface area (Å²) in [6.07, 6.45) is 0. The van der Waals surface area contributed by atoms with Crippen LogP contribution in [0.3, 0.4) is 0 Å². The first-order valence-electron chi connectivity index (χ1n) is 25.2. The highest BCUT2D eigenvalue weighted by molar-refractivity contribution is 8.00. The van der Waals surface area contributed by atoms with Crippen molar-refractivity contribution in [2.75, 3.05) is 9.80 Å². The number of fused-ring (bicyclic) bond motifs is 8. The molecular weight excluding hydrogens is 936 g/mol. The predicted molar refractivity (Wildman–Crippen MR) is 312 cm³/mol. The van der Waals surface area contributed by atoms with Crippen LogP contribution >= 0.6 is 11.8 Å². The third-order valence-electron chi connectivity index (χ3n) is 15.9. The lowest BCUT2D eigenvalue weighted by atomic mass is 9.35. The molecule has 0 saturated heterocycles. The highest BCUT2D eigenvalue weighted by Crippen LogP contribution is 2.44. The summed E-state index contributed by atoms with van der Waals surface area (Å²) in [5.41, 5.74) is 10.9. The van der Waals surface area contributed by atoms with E-state index < -0.39 is 16.1 Å². The Hall–Kier alpha value is -8.33. The molecule has 15 rings (SSSR count). The van der Waals surface area contributed by atoms with Crippen LogP contribution in [0.15, 0.2) is 283 Å². The minimum absolute atomic E-state index is 0.00333. The number of anilines is 6. The average Bonchev–Trinajstić information content (AvgIpc) is 3.46. The van der Waals surface area contributed by atoms with E-state index in [1.54, 1.807) is 0 Å². The Morgan fingerprint density at radius 2 is 0.699 bits per heavy atom. The smallest absolute Gasteiger partial charge is 0.253 e. The van der Waals surface area contributed by atoms with Gasteiger partial charge in [-0.1, -0.05) is 230 Å². The number of rotatable bonds is 6. The van der Waals surface area contributed by atoms with Gasteiger partial charge in [0.2, 0.25) is 0 Å². The van der Waals surface area contributed by atoms with Gasteiger partial charge in [-0.15, -0.1) is 0 Å². The molecule has 0 saturated carbocycles. The summed E-state index contributed by atoms with van der Waals surface area (Å²) in [5.74, 6) is 1.82. The number of hydrogen-bond acceptors (Lipinski definition) is 4. The van der Waals surface area contributed by atoms with Crippen LogP contribution in [0.4, 0.5) is 34.1 Å². The number of nitrogens with zero attached hydrogens (tertiary/aromatic N) is 2. The van der Waals surface area contributed by atoms with E-state index in [2.05, 4.69) is 283 Å². The monoisotopic (exact) mass is 980 g/mol. The molecule has 0 fully saturated rings. The van der Waals surface area contributed by atoms with Gasteiger partial charge >= 0.3 is 0 Å². The van der Waals surface area contributed by atoms with Crippen LogP contribution in [-0.4, -0.2) is 22.9 Å². The number of ether oxygens (including phenoxy) is 1. The van der Waals surface area contributed by atoms with E-state index in [0.717, 1.165) is 22.9 Å². The first kappa shape index (κ1) is 42.4. The van der Waals surface area contributed by atoms with E-state index in [1.165, 1.54) is 90.4 Å². The maximum Gasteiger partial charge on any atom is 0.253 e. The van der Waals surface area contributed by atoms with Gasteiger partial charge in [-0.25, -0.2) is 0 Å². The van der Waals surface area contributed by atoms with Gasteiger partial charge in [0, 0.05) is 50.0 Å². The molecule has 3 nitrogen and oxygen atoms in total. The molecule has 4 heterocycles. The fourth-order valence-corrected chi connectivity index (χ4v) is 24.5. The van der Waals surface area contributed by atoms with Crippen molar-refractivity contribution in [3.63, 3.8) is 0 Å². The van der Waals surface area contributed by atoms with E-state index in [-0.39, 0.29) is 6.71 Å². The highest BCUT2D eigenvalue weighted by Gasteiger charge is 2.51. The van der Waals surface area contributed by atoms with Crippen LogP contribution < -0.4 is 72.4 Å². The van der Waals surface area contributed by atoms with Crippen molar-refractivity contribution in [1.29, 1.82) is 0 Å². The van der Waals surface area contributed by atoms with Crippen LogP contribution in [-0.2, 0) is 0 Å². The summed E-state index contributed by atoms with van der Waals surface area (Å²) in [6.45, 7) is 0.00333. The summed E-state index contributed by atoms with van der Waals surface area (Å²) in [7, 11) is -5.49. The molecule has 0 aromatic heterocycles. The summed E-state index contributed by atoms with van der Waals surface area (Å²) >= 11 is 1.86. The molecule has 4 aliphatic heterocycles. The Kier molecular flexibility index (Phi) is 9.64. The Balaban J connectivity index is 0.871. The van der Waals surface area contributed by atoms with Crippen LogP contribution in [0, 0.1) is 0 Å². The van der Waals surface area contributed by atoms with Gasteiger partial charge in [0.05, 0.1) is 0 Å². The van der Waals surface area contributed by atoms with Crippen molar-refractivity contribution in [2.45, 2.75) is 9.79 Å². The van der Waals surface area contributed by atoms with Gasteiger partial charge in [0.1, 0.15) is 11.5 Å². The average molecular weight is 981 g/mol. The third-order valence-corrected chi connectivity index (χ3v) is 26.8. The maximum atomic E-state index is 7.08. The van der Waals surface area contributed by atoms with E-state index >= 15 is 0 Å². The Morgan fingerprint density at radius 3 is 1.14 bits per heavy atom. The quantitative estimate of drug-likeness (QED) is 0.155. The number of para-hydroxylation sites is 4. The van der Waals surface area contributed by atoms with Crippen LogP contribution in [0.1, 0.15) is 0 Å². The lowest BCUT2D eigenvalue weighted by molar-refractivity contribution is 0.486. The molecule has 11 aromatic rings. The molecule has 0 N–H and O–H groups in total. The van der Waals surface area contributed by atoms with Crippen molar-refractivity contribution in [3.8, 4) is 11.5 Å². The molecule has 7 heteroatoms. The van der Waals surface area contributed by atoms with Gasteiger partial charge in [-0.3, -0.25) is 0 Å². The summed E-state index contributed by atoms with van der Waals surface area (Å²) < 4.78 is 7.08.